The van der Waals surface area contributed by atoms with Gasteiger partial charge in [-0.2, -0.15) is 13.2 Å². The highest BCUT2D eigenvalue weighted by Gasteiger charge is 2.30. The summed E-state index contributed by atoms with van der Waals surface area (Å²) in [6.45, 7) is 2.50. The summed E-state index contributed by atoms with van der Waals surface area (Å²) in [5.74, 6) is 0. The second-order valence-corrected chi connectivity index (χ2v) is 8.70. The number of benzene rings is 2. The predicted molar refractivity (Wildman–Crippen MR) is 124 cm³/mol. The minimum atomic E-state index is -4.48. The van der Waals surface area contributed by atoms with Gasteiger partial charge in [-0.3, -0.25) is 9.36 Å². The van der Waals surface area contributed by atoms with Gasteiger partial charge in [-0.05, 0) is 49.1 Å². The summed E-state index contributed by atoms with van der Waals surface area (Å²) in [4.78, 5) is 31.5. The SMILES string of the molecule is Cc1ccccc1-n1c(=O)n(C[C@@H]2CCCO2)c(=O)c2c1ncn2Cc1cccc(C(F)(F)F)c1. The Morgan fingerprint density at radius 3 is 2.63 bits per heavy atom. The van der Waals surface area contributed by atoms with Crippen molar-refractivity contribution in [3.8, 4) is 5.69 Å². The van der Waals surface area contributed by atoms with E-state index < -0.39 is 23.0 Å². The van der Waals surface area contributed by atoms with Crippen LogP contribution >= 0.6 is 0 Å². The van der Waals surface area contributed by atoms with Gasteiger partial charge in [0.15, 0.2) is 11.2 Å². The van der Waals surface area contributed by atoms with Gasteiger partial charge in [0.1, 0.15) is 0 Å². The number of ether oxygens (including phenoxy) is 1. The molecule has 4 aromatic rings. The molecule has 1 saturated heterocycles. The Balaban J connectivity index is 1.70. The molecule has 0 saturated carbocycles. The van der Waals surface area contributed by atoms with Crippen molar-refractivity contribution in [2.24, 2.45) is 0 Å². The summed E-state index contributed by atoms with van der Waals surface area (Å²) in [6.07, 6.45) is -1.77. The van der Waals surface area contributed by atoms with Gasteiger partial charge >= 0.3 is 11.9 Å². The average molecular weight is 484 g/mol. The predicted octanol–water partition coefficient (Wildman–Crippen LogP) is 3.90. The number of alkyl halides is 3. The third-order valence-corrected chi connectivity index (χ3v) is 6.27. The van der Waals surface area contributed by atoms with Gasteiger partial charge < -0.3 is 9.30 Å². The Kier molecular flexibility index (Phi) is 5.84. The molecule has 1 fully saturated rings. The van der Waals surface area contributed by atoms with E-state index in [1.807, 2.05) is 19.1 Å². The lowest BCUT2D eigenvalue weighted by atomic mass is 10.1. The third kappa shape index (κ3) is 4.29. The van der Waals surface area contributed by atoms with Crippen LogP contribution in [0.1, 0.15) is 29.5 Å². The van der Waals surface area contributed by atoms with E-state index in [0.29, 0.717) is 17.9 Å². The number of aromatic nitrogens is 4. The number of nitrogens with zero attached hydrogens (tertiary/aromatic N) is 4. The Labute approximate surface area is 198 Å². The summed E-state index contributed by atoms with van der Waals surface area (Å²) >= 11 is 0. The minimum Gasteiger partial charge on any atom is -0.376 e. The molecule has 0 N–H and O–H groups in total. The van der Waals surface area contributed by atoms with Gasteiger partial charge in [-0.1, -0.05) is 30.3 Å². The van der Waals surface area contributed by atoms with Crippen molar-refractivity contribution in [3.63, 3.8) is 0 Å². The molecule has 0 spiro atoms. The lowest BCUT2D eigenvalue weighted by molar-refractivity contribution is -0.137. The number of aryl methyl sites for hydroxylation is 1. The van der Waals surface area contributed by atoms with Crippen LogP contribution in [0.4, 0.5) is 13.2 Å². The lowest BCUT2D eigenvalue weighted by Gasteiger charge is -2.16. The second kappa shape index (κ2) is 8.84. The molecule has 0 radical (unpaired) electrons. The summed E-state index contributed by atoms with van der Waals surface area (Å²) in [7, 11) is 0. The Morgan fingerprint density at radius 1 is 1.11 bits per heavy atom. The highest BCUT2D eigenvalue weighted by molar-refractivity contribution is 5.73. The highest BCUT2D eigenvalue weighted by Crippen LogP contribution is 2.30. The van der Waals surface area contributed by atoms with Crippen LogP contribution in [0.15, 0.2) is 64.4 Å². The van der Waals surface area contributed by atoms with Crippen molar-refractivity contribution in [3.05, 3.63) is 92.4 Å². The number of halogens is 3. The van der Waals surface area contributed by atoms with Crippen molar-refractivity contribution in [1.82, 2.24) is 18.7 Å². The number of imidazole rings is 1. The molecule has 35 heavy (non-hydrogen) atoms. The zero-order valence-electron chi connectivity index (χ0n) is 19.0. The minimum absolute atomic E-state index is 0.0123. The Hall–Kier alpha value is -3.66. The maximum Gasteiger partial charge on any atom is 0.416 e. The summed E-state index contributed by atoms with van der Waals surface area (Å²) in [5.41, 5.74) is 0.197. The maximum absolute atomic E-state index is 13.6. The molecule has 0 bridgehead atoms. The van der Waals surface area contributed by atoms with Crippen LogP contribution in [0.2, 0.25) is 0 Å². The van der Waals surface area contributed by atoms with Gasteiger partial charge in [0, 0.05) is 13.2 Å². The zero-order chi connectivity index (χ0) is 24.7. The molecular weight excluding hydrogens is 461 g/mol. The lowest BCUT2D eigenvalue weighted by Crippen LogP contribution is -2.42. The van der Waals surface area contributed by atoms with Crippen LogP contribution in [0.25, 0.3) is 16.9 Å². The number of fused-ring (bicyclic) bond motifs is 1. The molecule has 182 valence electrons. The van der Waals surface area contributed by atoms with E-state index in [4.69, 9.17) is 4.74 Å². The van der Waals surface area contributed by atoms with Crippen LogP contribution in [-0.4, -0.2) is 31.4 Å². The first-order chi connectivity index (χ1) is 16.7. The van der Waals surface area contributed by atoms with Gasteiger partial charge in [0.25, 0.3) is 5.56 Å². The first kappa shape index (κ1) is 23.1. The van der Waals surface area contributed by atoms with E-state index >= 15 is 0 Å². The molecule has 1 aliphatic rings. The van der Waals surface area contributed by atoms with Gasteiger partial charge in [0.2, 0.25) is 0 Å². The van der Waals surface area contributed by atoms with Gasteiger partial charge in [0.05, 0.1) is 30.2 Å². The standard InChI is InChI=1S/C25H23F3N4O3/c1-16-6-2-3-10-20(16)32-22-21(23(33)31(24(32)34)14-19-9-5-11-35-19)30(15-29-22)13-17-7-4-8-18(12-17)25(26,27)28/h2-4,6-8,10,12,15,19H,5,9,11,13-14H2,1H3/t19-/m0/s1. The normalized spacial score (nSPS) is 16.3. The van der Waals surface area contributed by atoms with E-state index in [0.717, 1.165) is 35.1 Å². The van der Waals surface area contributed by atoms with Crippen molar-refractivity contribution in [2.45, 2.75) is 45.1 Å². The fraction of sp³-hybridized carbons (Fsp3) is 0.320. The summed E-state index contributed by atoms with van der Waals surface area (Å²) < 4.78 is 49.3. The van der Waals surface area contributed by atoms with Crippen LogP contribution in [0.3, 0.4) is 0 Å². The maximum atomic E-state index is 13.6. The summed E-state index contributed by atoms with van der Waals surface area (Å²) in [6, 6.07) is 12.2. The number of para-hydroxylation sites is 1. The Morgan fingerprint density at radius 2 is 1.91 bits per heavy atom. The Bertz CT molecular complexity index is 1510. The molecule has 1 aliphatic heterocycles. The molecule has 0 amide bonds. The van der Waals surface area contributed by atoms with E-state index in [-0.39, 0.29) is 30.4 Å². The molecule has 0 unspecified atom stereocenters. The topological polar surface area (TPSA) is 71.1 Å². The molecule has 5 rings (SSSR count). The first-order valence-electron chi connectivity index (χ1n) is 11.3. The molecule has 3 heterocycles. The molecule has 10 heteroatoms. The molecule has 2 aromatic heterocycles. The van der Waals surface area contributed by atoms with Crippen LogP contribution in [-0.2, 0) is 24.0 Å². The first-order valence-corrected chi connectivity index (χ1v) is 11.3. The van der Waals surface area contributed by atoms with Gasteiger partial charge in [-0.15, -0.1) is 0 Å². The number of hydrogen-bond donors (Lipinski definition) is 0. The van der Waals surface area contributed by atoms with Crippen molar-refractivity contribution in [2.75, 3.05) is 6.61 Å². The molecule has 0 aliphatic carbocycles. The monoisotopic (exact) mass is 484 g/mol. The van der Waals surface area contributed by atoms with Crippen molar-refractivity contribution in [1.29, 1.82) is 0 Å². The summed E-state index contributed by atoms with van der Waals surface area (Å²) in [5, 5.41) is 0. The molecule has 2 aromatic carbocycles. The quantitative estimate of drug-likeness (QED) is 0.431. The van der Waals surface area contributed by atoms with E-state index in [1.165, 1.54) is 21.5 Å². The van der Waals surface area contributed by atoms with Crippen molar-refractivity contribution >= 4 is 11.2 Å². The molecular formula is C25H23F3N4O3. The van der Waals surface area contributed by atoms with Crippen LogP contribution in [0.5, 0.6) is 0 Å². The number of hydrogen-bond acceptors (Lipinski definition) is 4. The zero-order valence-corrected chi connectivity index (χ0v) is 19.0. The van der Waals surface area contributed by atoms with Crippen LogP contribution in [0, 0.1) is 6.92 Å². The molecule has 7 nitrogen and oxygen atoms in total. The van der Waals surface area contributed by atoms with E-state index in [9.17, 15) is 22.8 Å². The second-order valence-electron chi connectivity index (χ2n) is 8.70. The van der Waals surface area contributed by atoms with E-state index in [2.05, 4.69) is 4.98 Å². The van der Waals surface area contributed by atoms with Crippen LogP contribution < -0.4 is 11.2 Å². The highest BCUT2D eigenvalue weighted by atomic mass is 19.4. The third-order valence-electron chi connectivity index (χ3n) is 6.27. The fourth-order valence-electron chi connectivity index (χ4n) is 4.53. The van der Waals surface area contributed by atoms with Gasteiger partial charge in [-0.25, -0.2) is 14.3 Å². The smallest absolute Gasteiger partial charge is 0.376 e. The molecule has 1 atom stereocenters. The number of rotatable bonds is 5. The van der Waals surface area contributed by atoms with E-state index in [1.54, 1.807) is 18.2 Å². The fourth-order valence-corrected chi connectivity index (χ4v) is 4.53. The largest absolute Gasteiger partial charge is 0.416 e. The van der Waals surface area contributed by atoms with Crippen molar-refractivity contribution < 1.29 is 17.9 Å². The average Bonchev–Trinajstić information content (AvgIpc) is 3.48.